The highest BCUT2D eigenvalue weighted by molar-refractivity contribution is 8.00. The predicted octanol–water partition coefficient (Wildman–Crippen LogP) is 5.62. The van der Waals surface area contributed by atoms with Gasteiger partial charge in [-0.3, -0.25) is 14.5 Å². The van der Waals surface area contributed by atoms with E-state index in [0.717, 1.165) is 27.4 Å². The van der Waals surface area contributed by atoms with Crippen molar-refractivity contribution in [3.63, 3.8) is 0 Å². The SMILES string of the molecule is Cc1cccc(-n2nc(C(C)(C)C)c3c2N(CC(=O)NCc2ccco2)C(=O)CSC3c2cccs2)c1. The fraction of sp³-hybridized carbons (Fsp3) is 0.321. The number of anilines is 1. The van der Waals surface area contributed by atoms with Crippen molar-refractivity contribution in [2.24, 2.45) is 0 Å². The van der Waals surface area contributed by atoms with Crippen molar-refractivity contribution in [3.8, 4) is 5.69 Å². The van der Waals surface area contributed by atoms with E-state index in [1.54, 1.807) is 46.4 Å². The van der Waals surface area contributed by atoms with E-state index in [-0.39, 0.29) is 41.3 Å². The number of hydrogen-bond donors (Lipinski definition) is 1. The first-order valence-electron chi connectivity index (χ1n) is 12.2. The second-order valence-corrected chi connectivity index (χ2v) is 12.2. The quantitative estimate of drug-likeness (QED) is 0.347. The molecule has 4 heterocycles. The first kappa shape index (κ1) is 25.4. The molecule has 9 heteroatoms. The Bertz CT molecular complexity index is 1400. The van der Waals surface area contributed by atoms with Gasteiger partial charge in [-0.2, -0.15) is 5.10 Å². The highest BCUT2D eigenvalue weighted by Crippen LogP contribution is 2.49. The van der Waals surface area contributed by atoms with Gasteiger partial charge in [-0.05, 0) is 48.2 Å². The number of aromatic nitrogens is 2. The summed E-state index contributed by atoms with van der Waals surface area (Å²) in [7, 11) is 0. The number of furan rings is 1. The van der Waals surface area contributed by atoms with Crippen LogP contribution >= 0.6 is 23.1 Å². The lowest BCUT2D eigenvalue weighted by Gasteiger charge is -2.24. The van der Waals surface area contributed by atoms with Crippen molar-refractivity contribution in [2.45, 2.75) is 44.9 Å². The Morgan fingerprint density at radius 1 is 1.19 bits per heavy atom. The molecule has 3 aromatic heterocycles. The molecule has 1 N–H and O–H groups in total. The minimum absolute atomic E-state index is 0.0667. The maximum atomic E-state index is 13.6. The largest absolute Gasteiger partial charge is 0.467 e. The van der Waals surface area contributed by atoms with E-state index in [4.69, 9.17) is 9.52 Å². The average Bonchev–Trinajstić information content (AvgIpc) is 3.61. The number of benzene rings is 1. The van der Waals surface area contributed by atoms with Gasteiger partial charge in [0.1, 0.15) is 18.1 Å². The van der Waals surface area contributed by atoms with Crippen molar-refractivity contribution in [3.05, 3.63) is 87.6 Å². The van der Waals surface area contributed by atoms with Crippen molar-refractivity contribution in [1.29, 1.82) is 0 Å². The molecule has 4 aromatic rings. The summed E-state index contributed by atoms with van der Waals surface area (Å²) in [5.41, 5.74) is 3.58. The molecule has 37 heavy (non-hydrogen) atoms. The molecule has 0 saturated carbocycles. The molecule has 1 aliphatic heterocycles. The number of rotatable bonds is 6. The number of fused-ring (bicyclic) bond motifs is 1. The van der Waals surface area contributed by atoms with E-state index in [9.17, 15) is 9.59 Å². The number of nitrogens with one attached hydrogen (secondary N) is 1. The Morgan fingerprint density at radius 2 is 2.03 bits per heavy atom. The lowest BCUT2D eigenvalue weighted by atomic mass is 9.88. The van der Waals surface area contributed by atoms with Crippen LogP contribution < -0.4 is 10.2 Å². The van der Waals surface area contributed by atoms with Crippen LogP contribution in [-0.4, -0.2) is 33.9 Å². The normalized spacial score (nSPS) is 15.9. The van der Waals surface area contributed by atoms with Crippen LogP contribution in [0, 0.1) is 6.92 Å². The Kier molecular flexibility index (Phi) is 7.00. The molecule has 0 bridgehead atoms. The fourth-order valence-corrected chi connectivity index (χ4v) is 6.65. The summed E-state index contributed by atoms with van der Waals surface area (Å²) in [6, 6.07) is 15.8. The molecule has 0 saturated heterocycles. The molecule has 0 aliphatic carbocycles. The molecule has 7 nitrogen and oxygen atoms in total. The topological polar surface area (TPSA) is 80.4 Å². The van der Waals surface area contributed by atoms with E-state index >= 15 is 0 Å². The van der Waals surface area contributed by atoms with E-state index in [1.807, 2.05) is 35.9 Å². The van der Waals surface area contributed by atoms with Gasteiger partial charge in [-0.15, -0.1) is 23.1 Å². The van der Waals surface area contributed by atoms with Gasteiger partial charge < -0.3 is 9.73 Å². The van der Waals surface area contributed by atoms with Crippen LogP contribution in [0.25, 0.3) is 5.69 Å². The smallest absolute Gasteiger partial charge is 0.240 e. The van der Waals surface area contributed by atoms with Gasteiger partial charge in [-0.1, -0.05) is 39.0 Å². The van der Waals surface area contributed by atoms with E-state index in [2.05, 4.69) is 43.6 Å². The lowest BCUT2D eigenvalue weighted by Crippen LogP contribution is -2.42. The zero-order chi connectivity index (χ0) is 26.2. The fourth-order valence-electron chi connectivity index (χ4n) is 4.48. The molecule has 1 aromatic carbocycles. The second kappa shape index (κ2) is 10.2. The van der Waals surface area contributed by atoms with Crippen LogP contribution in [0.4, 0.5) is 5.82 Å². The maximum Gasteiger partial charge on any atom is 0.240 e. The number of carbonyl (C=O) groups excluding carboxylic acids is 2. The monoisotopic (exact) mass is 534 g/mol. The van der Waals surface area contributed by atoms with E-state index in [0.29, 0.717) is 11.6 Å². The zero-order valence-corrected chi connectivity index (χ0v) is 23.0. The average molecular weight is 535 g/mol. The highest BCUT2D eigenvalue weighted by Gasteiger charge is 2.40. The van der Waals surface area contributed by atoms with Crippen LogP contribution in [0.3, 0.4) is 0 Å². The molecular weight excluding hydrogens is 504 g/mol. The maximum absolute atomic E-state index is 13.6. The molecular formula is C28H30N4O3S2. The van der Waals surface area contributed by atoms with Crippen molar-refractivity contribution in [1.82, 2.24) is 15.1 Å². The molecule has 1 atom stereocenters. The Hall–Kier alpha value is -3.30. The number of aryl methyl sites for hydroxylation is 1. The van der Waals surface area contributed by atoms with Crippen LogP contribution in [0.2, 0.25) is 0 Å². The van der Waals surface area contributed by atoms with Gasteiger partial charge >= 0.3 is 0 Å². The van der Waals surface area contributed by atoms with E-state index < -0.39 is 0 Å². The molecule has 0 fully saturated rings. The summed E-state index contributed by atoms with van der Waals surface area (Å²) in [4.78, 5) is 29.5. The Morgan fingerprint density at radius 3 is 2.70 bits per heavy atom. The minimum Gasteiger partial charge on any atom is -0.467 e. The third kappa shape index (κ3) is 5.24. The van der Waals surface area contributed by atoms with E-state index in [1.165, 1.54) is 0 Å². The van der Waals surface area contributed by atoms with Gasteiger partial charge in [0.15, 0.2) is 0 Å². The summed E-state index contributed by atoms with van der Waals surface area (Å²) in [5, 5.41) is 10.0. The number of thiophene rings is 1. The first-order chi connectivity index (χ1) is 17.7. The van der Waals surface area contributed by atoms with Crippen LogP contribution in [-0.2, 0) is 21.5 Å². The number of carbonyl (C=O) groups is 2. The second-order valence-electron chi connectivity index (χ2n) is 10.1. The molecule has 0 radical (unpaired) electrons. The Balaban J connectivity index is 1.65. The van der Waals surface area contributed by atoms with Gasteiger partial charge in [-0.25, -0.2) is 4.68 Å². The molecule has 192 valence electrons. The van der Waals surface area contributed by atoms with Crippen molar-refractivity contribution >= 4 is 40.7 Å². The molecule has 0 spiro atoms. The first-order valence-corrected chi connectivity index (χ1v) is 14.1. The third-order valence-corrected chi connectivity index (χ3v) is 8.51. The van der Waals surface area contributed by atoms with Gasteiger partial charge in [0, 0.05) is 15.9 Å². The molecule has 1 unspecified atom stereocenters. The van der Waals surface area contributed by atoms with Crippen LogP contribution in [0.15, 0.2) is 64.6 Å². The summed E-state index contributed by atoms with van der Waals surface area (Å²) >= 11 is 3.27. The lowest BCUT2D eigenvalue weighted by molar-refractivity contribution is -0.123. The zero-order valence-electron chi connectivity index (χ0n) is 21.4. The van der Waals surface area contributed by atoms with Gasteiger partial charge in [0.05, 0.1) is 35.2 Å². The number of hydrogen-bond acceptors (Lipinski definition) is 6. The molecule has 2 amide bonds. The van der Waals surface area contributed by atoms with Crippen LogP contribution in [0.5, 0.6) is 0 Å². The van der Waals surface area contributed by atoms with Crippen molar-refractivity contribution in [2.75, 3.05) is 17.2 Å². The summed E-state index contributed by atoms with van der Waals surface area (Å²) < 4.78 is 7.20. The standard InChI is InChI=1S/C28H30N4O3S2/c1-18-8-5-9-19(14-18)32-27-24(26(30-32)28(2,3)4)25(21-11-7-13-36-21)37-17-23(34)31(27)16-22(33)29-15-20-10-6-12-35-20/h5-14,25H,15-17H2,1-4H3,(H,29,33). The predicted molar refractivity (Wildman–Crippen MR) is 149 cm³/mol. The highest BCUT2D eigenvalue weighted by atomic mass is 32.2. The Labute approximate surface area is 224 Å². The van der Waals surface area contributed by atoms with Gasteiger partial charge in [0.2, 0.25) is 11.8 Å². The minimum atomic E-state index is -0.282. The third-order valence-electron chi connectivity index (χ3n) is 6.19. The summed E-state index contributed by atoms with van der Waals surface area (Å²) in [6.45, 7) is 8.60. The number of nitrogens with zero attached hydrogens (tertiary/aromatic N) is 3. The summed E-state index contributed by atoms with van der Waals surface area (Å²) in [6.07, 6.45) is 1.57. The molecule has 1 aliphatic rings. The number of thioether (sulfide) groups is 1. The molecule has 5 rings (SSSR count). The number of amides is 2. The summed E-state index contributed by atoms with van der Waals surface area (Å²) in [5.74, 6) is 1.21. The van der Waals surface area contributed by atoms with Crippen molar-refractivity contribution < 1.29 is 14.0 Å². The van der Waals surface area contributed by atoms with Gasteiger partial charge in [0.25, 0.3) is 0 Å². The van der Waals surface area contributed by atoms with Crippen LogP contribution in [0.1, 0.15) is 53.5 Å².